The highest BCUT2D eigenvalue weighted by Gasteiger charge is 2.44. The van der Waals surface area contributed by atoms with Gasteiger partial charge in [-0.3, -0.25) is 0 Å². The van der Waals surface area contributed by atoms with Crippen molar-refractivity contribution in [3.63, 3.8) is 0 Å². The molecule has 52 valence electrons. The van der Waals surface area contributed by atoms with E-state index in [9.17, 15) is 0 Å². The molecule has 0 heterocycles. The molecule has 0 spiro atoms. The summed E-state index contributed by atoms with van der Waals surface area (Å²) < 4.78 is 0. The third-order valence-corrected chi connectivity index (χ3v) is 3.46. The van der Waals surface area contributed by atoms with E-state index in [1.54, 1.807) is 0 Å². The van der Waals surface area contributed by atoms with Crippen LogP contribution in [0.2, 0.25) is 0 Å². The van der Waals surface area contributed by atoms with Crippen molar-refractivity contribution >= 4 is 0 Å². The van der Waals surface area contributed by atoms with Crippen molar-refractivity contribution in [1.29, 1.82) is 0 Å². The van der Waals surface area contributed by atoms with E-state index >= 15 is 0 Å². The van der Waals surface area contributed by atoms with Crippen LogP contribution in [0.3, 0.4) is 0 Å². The maximum Gasteiger partial charge on any atom is -0.0133 e. The minimum atomic E-state index is 0.925. The van der Waals surface area contributed by atoms with E-state index in [1.165, 1.54) is 12.8 Å². The van der Waals surface area contributed by atoms with Crippen molar-refractivity contribution in [3.8, 4) is 0 Å². The van der Waals surface area contributed by atoms with Crippen LogP contribution in [0.4, 0.5) is 0 Å². The molecule has 3 aliphatic rings. The molecule has 0 heteroatoms. The van der Waals surface area contributed by atoms with E-state index in [1.807, 2.05) is 0 Å². The van der Waals surface area contributed by atoms with Crippen molar-refractivity contribution in [1.82, 2.24) is 0 Å². The molecule has 2 bridgehead atoms. The molecule has 0 amide bonds. The standard InChI is InChI=1S/C10H12/c1-2-9-7-4-5-8(6-7)10(9)3-1/h1-2,4-5,7-10H,3,6H2/t7-,8-,9+,10+/m0/s1. The van der Waals surface area contributed by atoms with Gasteiger partial charge in [0.2, 0.25) is 0 Å². The summed E-state index contributed by atoms with van der Waals surface area (Å²) in [7, 11) is 0. The minimum absolute atomic E-state index is 0.925. The first-order valence-corrected chi connectivity index (χ1v) is 4.30. The second kappa shape index (κ2) is 1.55. The van der Waals surface area contributed by atoms with Gasteiger partial charge in [0.25, 0.3) is 0 Å². The van der Waals surface area contributed by atoms with Crippen molar-refractivity contribution < 1.29 is 0 Å². The monoisotopic (exact) mass is 132 g/mol. The first-order valence-electron chi connectivity index (χ1n) is 4.30. The van der Waals surface area contributed by atoms with Crippen LogP contribution in [0, 0.1) is 23.7 Å². The Morgan fingerprint density at radius 1 is 1.00 bits per heavy atom. The molecule has 3 rings (SSSR count). The number of hydrogen-bond acceptors (Lipinski definition) is 0. The van der Waals surface area contributed by atoms with Crippen LogP contribution in [-0.4, -0.2) is 0 Å². The van der Waals surface area contributed by atoms with E-state index in [-0.39, 0.29) is 0 Å². The molecule has 0 aliphatic heterocycles. The fourth-order valence-electron chi connectivity index (χ4n) is 2.97. The summed E-state index contributed by atoms with van der Waals surface area (Å²) >= 11 is 0. The Morgan fingerprint density at radius 2 is 1.90 bits per heavy atom. The summed E-state index contributed by atoms with van der Waals surface area (Å²) in [6.07, 6.45) is 12.5. The van der Waals surface area contributed by atoms with Gasteiger partial charge in [0.05, 0.1) is 0 Å². The molecule has 0 aromatic heterocycles. The summed E-state index contributed by atoms with van der Waals surface area (Å²) in [6, 6.07) is 0. The summed E-state index contributed by atoms with van der Waals surface area (Å²) in [6.45, 7) is 0. The highest BCUT2D eigenvalue weighted by atomic mass is 14.5. The average Bonchev–Trinajstić information content (AvgIpc) is 2.60. The van der Waals surface area contributed by atoms with Gasteiger partial charge in [-0.25, -0.2) is 0 Å². The molecule has 0 aromatic rings. The lowest BCUT2D eigenvalue weighted by molar-refractivity contribution is 0.398. The van der Waals surface area contributed by atoms with Crippen LogP contribution >= 0.6 is 0 Å². The van der Waals surface area contributed by atoms with Gasteiger partial charge in [-0.1, -0.05) is 24.3 Å². The predicted molar refractivity (Wildman–Crippen MR) is 41.5 cm³/mol. The van der Waals surface area contributed by atoms with E-state index in [2.05, 4.69) is 24.3 Å². The zero-order valence-corrected chi connectivity index (χ0v) is 6.03. The Bertz CT molecular complexity index is 212. The van der Waals surface area contributed by atoms with Gasteiger partial charge in [-0.05, 0) is 36.5 Å². The summed E-state index contributed by atoms with van der Waals surface area (Å²) in [5.74, 6) is 3.82. The SMILES string of the molecule is C1=C[C@H]2[C@H](C1)[C@H]1C=C[C@H]2C1. The van der Waals surface area contributed by atoms with Crippen LogP contribution in [0.1, 0.15) is 12.8 Å². The first kappa shape index (κ1) is 5.17. The molecular weight excluding hydrogens is 120 g/mol. The van der Waals surface area contributed by atoms with Gasteiger partial charge in [0, 0.05) is 0 Å². The van der Waals surface area contributed by atoms with Gasteiger partial charge >= 0.3 is 0 Å². The third-order valence-electron chi connectivity index (χ3n) is 3.46. The van der Waals surface area contributed by atoms with Crippen molar-refractivity contribution in [3.05, 3.63) is 24.3 Å². The number of rotatable bonds is 0. The highest BCUT2D eigenvalue weighted by Crippen LogP contribution is 2.52. The molecule has 1 fully saturated rings. The Kier molecular flexibility index (Phi) is 0.803. The molecule has 0 aromatic carbocycles. The maximum absolute atomic E-state index is 2.44. The smallest absolute Gasteiger partial charge is 0.0133 e. The number of fused-ring (bicyclic) bond motifs is 5. The maximum atomic E-state index is 2.44. The molecule has 3 aliphatic carbocycles. The number of hydrogen-bond donors (Lipinski definition) is 0. The molecule has 1 saturated carbocycles. The van der Waals surface area contributed by atoms with Crippen LogP contribution in [0.25, 0.3) is 0 Å². The Labute approximate surface area is 61.6 Å². The lowest BCUT2D eigenvalue weighted by Gasteiger charge is -2.18. The van der Waals surface area contributed by atoms with Gasteiger partial charge in [0.1, 0.15) is 0 Å². The molecule has 4 atom stereocenters. The molecule has 0 saturated heterocycles. The average molecular weight is 132 g/mol. The Morgan fingerprint density at radius 3 is 2.80 bits per heavy atom. The van der Waals surface area contributed by atoms with E-state index in [0.29, 0.717) is 0 Å². The fraction of sp³-hybridized carbons (Fsp3) is 0.600. The van der Waals surface area contributed by atoms with Gasteiger partial charge in [-0.2, -0.15) is 0 Å². The lowest BCUT2D eigenvalue weighted by atomic mass is 9.86. The van der Waals surface area contributed by atoms with E-state index in [4.69, 9.17) is 0 Å². The van der Waals surface area contributed by atoms with Crippen molar-refractivity contribution in [2.45, 2.75) is 12.8 Å². The zero-order valence-electron chi connectivity index (χ0n) is 6.03. The van der Waals surface area contributed by atoms with E-state index in [0.717, 1.165) is 23.7 Å². The molecule has 0 radical (unpaired) electrons. The predicted octanol–water partition coefficient (Wildman–Crippen LogP) is 2.38. The van der Waals surface area contributed by atoms with Gasteiger partial charge in [-0.15, -0.1) is 0 Å². The number of allylic oxidation sites excluding steroid dienone is 4. The minimum Gasteiger partial charge on any atom is -0.0879 e. The van der Waals surface area contributed by atoms with Crippen LogP contribution in [0.5, 0.6) is 0 Å². The first-order chi connectivity index (χ1) is 4.95. The van der Waals surface area contributed by atoms with Gasteiger partial charge in [0.15, 0.2) is 0 Å². The second-order valence-electron chi connectivity index (χ2n) is 3.85. The van der Waals surface area contributed by atoms with Crippen molar-refractivity contribution in [2.75, 3.05) is 0 Å². The lowest BCUT2D eigenvalue weighted by Crippen LogP contribution is -2.12. The quantitative estimate of drug-likeness (QED) is 0.444. The zero-order chi connectivity index (χ0) is 6.55. The Balaban J connectivity index is 2.04. The summed E-state index contributed by atoms with van der Waals surface area (Å²) in [5.41, 5.74) is 0. The fourth-order valence-corrected chi connectivity index (χ4v) is 2.97. The van der Waals surface area contributed by atoms with Crippen LogP contribution in [-0.2, 0) is 0 Å². The van der Waals surface area contributed by atoms with E-state index < -0.39 is 0 Å². The highest BCUT2D eigenvalue weighted by molar-refractivity contribution is 5.21. The summed E-state index contributed by atoms with van der Waals surface area (Å²) in [5, 5.41) is 0. The largest absolute Gasteiger partial charge is 0.0879 e. The molecule has 0 nitrogen and oxygen atoms in total. The van der Waals surface area contributed by atoms with Crippen LogP contribution < -0.4 is 0 Å². The second-order valence-corrected chi connectivity index (χ2v) is 3.85. The molecule has 10 heavy (non-hydrogen) atoms. The molecule has 0 unspecified atom stereocenters. The topological polar surface area (TPSA) is 0 Å². The normalized spacial score (nSPS) is 54.4. The van der Waals surface area contributed by atoms with Gasteiger partial charge < -0.3 is 0 Å². The third kappa shape index (κ3) is 0.448. The Hall–Kier alpha value is -0.520. The van der Waals surface area contributed by atoms with Crippen LogP contribution in [0.15, 0.2) is 24.3 Å². The molecule has 0 N–H and O–H groups in total. The van der Waals surface area contributed by atoms with Crippen molar-refractivity contribution in [2.24, 2.45) is 23.7 Å². The summed E-state index contributed by atoms with van der Waals surface area (Å²) in [4.78, 5) is 0. The molecular formula is C10H12.